The van der Waals surface area contributed by atoms with E-state index in [0.717, 1.165) is 39.0 Å². The van der Waals surface area contributed by atoms with E-state index in [1.807, 2.05) is 66.1 Å². The van der Waals surface area contributed by atoms with Crippen LogP contribution in [0, 0.1) is 6.92 Å². The standard InChI is InChI=1S/C24H22BrN5OS/c1-3-17-14-19(25)13-16(2)22(17)27-21(31)15-32-24-29-28-23(18-9-11-26-12-10-18)30(24)20-7-5-4-6-8-20/h4-14H,3,15H2,1-2H3,(H,27,31). The third kappa shape index (κ3) is 4.92. The van der Waals surface area contributed by atoms with E-state index in [0.29, 0.717) is 11.0 Å². The maximum Gasteiger partial charge on any atom is 0.234 e. The highest BCUT2D eigenvalue weighted by Crippen LogP contribution is 2.29. The summed E-state index contributed by atoms with van der Waals surface area (Å²) < 4.78 is 2.98. The summed E-state index contributed by atoms with van der Waals surface area (Å²) in [5.41, 5.74) is 4.85. The molecule has 0 aliphatic rings. The summed E-state index contributed by atoms with van der Waals surface area (Å²) in [4.78, 5) is 16.9. The zero-order valence-electron chi connectivity index (χ0n) is 17.7. The highest BCUT2D eigenvalue weighted by molar-refractivity contribution is 9.10. The number of anilines is 1. The Morgan fingerprint density at radius 3 is 2.56 bits per heavy atom. The molecule has 32 heavy (non-hydrogen) atoms. The lowest BCUT2D eigenvalue weighted by molar-refractivity contribution is -0.113. The number of carbonyl (C=O) groups is 1. The van der Waals surface area contributed by atoms with Crippen molar-refractivity contribution in [3.05, 3.63) is 82.6 Å². The topological polar surface area (TPSA) is 72.7 Å². The monoisotopic (exact) mass is 507 g/mol. The van der Waals surface area contributed by atoms with Gasteiger partial charge in [0, 0.05) is 33.8 Å². The van der Waals surface area contributed by atoms with Crippen LogP contribution in [0.2, 0.25) is 0 Å². The number of halogens is 1. The molecular formula is C24H22BrN5OS. The molecule has 0 atom stereocenters. The Hall–Kier alpha value is -2.97. The second kappa shape index (κ2) is 10.1. The third-order valence-corrected chi connectivity index (χ3v) is 6.33. The molecule has 6 nitrogen and oxygen atoms in total. The van der Waals surface area contributed by atoms with Crippen molar-refractivity contribution in [3.8, 4) is 17.1 Å². The van der Waals surface area contributed by atoms with Crippen LogP contribution in [0.15, 0.2) is 76.6 Å². The predicted octanol–water partition coefficient (Wildman–Crippen LogP) is 5.69. The van der Waals surface area contributed by atoms with Gasteiger partial charge in [-0.25, -0.2) is 0 Å². The predicted molar refractivity (Wildman–Crippen MR) is 132 cm³/mol. The number of rotatable bonds is 7. The molecule has 2 heterocycles. The second-order valence-electron chi connectivity index (χ2n) is 7.16. The van der Waals surface area contributed by atoms with Crippen LogP contribution < -0.4 is 5.32 Å². The van der Waals surface area contributed by atoms with E-state index < -0.39 is 0 Å². The number of benzene rings is 2. The minimum atomic E-state index is -0.0804. The van der Waals surface area contributed by atoms with Crippen LogP contribution in [-0.2, 0) is 11.2 Å². The van der Waals surface area contributed by atoms with Gasteiger partial charge in [0.25, 0.3) is 0 Å². The summed E-state index contributed by atoms with van der Waals surface area (Å²) in [5.74, 6) is 0.849. The van der Waals surface area contributed by atoms with Crippen molar-refractivity contribution < 1.29 is 4.79 Å². The van der Waals surface area contributed by atoms with Gasteiger partial charge in [-0.05, 0) is 60.9 Å². The van der Waals surface area contributed by atoms with Crippen molar-refractivity contribution in [2.75, 3.05) is 11.1 Å². The first-order valence-electron chi connectivity index (χ1n) is 10.2. The van der Waals surface area contributed by atoms with Gasteiger partial charge in [-0.2, -0.15) is 0 Å². The molecule has 1 N–H and O–H groups in total. The Morgan fingerprint density at radius 1 is 1.09 bits per heavy atom. The van der Waals surface area contributed by atoms with E-state index in [1.54, 1.807) is 12.4 Å². The molecule has 0 aliphatic carbocycles. The fraction of sp³-hybridized carbons (Fsp3) is 0.167. The van der Waals surface area contributed by atoms with Crippen molar-refractivity contribution in [2.45, 2.75) is 25.4 Å². The van der Waals surface area contributed by atoms with Crippen LogP contribution in [0.5, 0.6) is 0 Å². The third-order valence-electron chi connectivity index (χ3n) is 4.95. The average Bonchev–Trinajstić information content (AvgIpc) is 3.24. The Kier molecular flexibility index (Phi) is 7.02. The molecule has 4 rings (SSSR count). The molecular weight excluding hydrogens is 486 g/mol. The highest BCUT2D eigenvalue weighted by Gasteiger charge is 2.18. The smallest absolute Gasteiger partial charge is 0.234 e. The Labute approximate surface area is 199 Å². The number of para-hydroxylation sites is 1. The summed E-state index contributed by atoms with van der Waals surface area (Å²) in [7, 11) is 0. The molecule has 0 saturated carbocycles. The largest absolute Gasteiger partial charge is 0.325 e. The van der Waals surface area contributed by atoms with Gasteiger partial charge in [0.05, 0.1) is 5.75 Å². The molecule has 0 unspecified atom stereocenters. The summed E-state index contributed by atoms with van der Waals surface area (Å²) in [6.07, 6.45) is 4.29. The molecule has 4 aromatic rings. The first-order chi connectivity index (χ1) is 15.6. The fourth-order valence-corrected chi connectivity index (χ4v) is 4.81. The number of pyridine rings is 1. The van der Waals surface area contributed by atoms with Crippen molar-refractivity contribution >= 4 is 39.3 Å². The van der Waals surface area contributed by atoms with Gasteiger partial charge in [-0.15, -0.1) is 10.2 Å². The fourth-order valence-electron chi connectivity index (χ4n) is 3.44. The molecule has 0 saturated heterocycles. The van der Waals surface area contributed by atoms with Gasteiger partial charge in [0.2, 0.25) is 5.91 Å². The zero-order chi connectivity index (χ0) is 22.5. The average molecular weight is 508 g/mol. The van der Waals surface area contributed by atoms with E-state index in [4.69, 9.17) is 0 Å². The van der Waals surface area contributed by atoms with Gasteiger partial charge in [0.15, 0.2) is 11.0 Å². The lowest BCUT2D eigenvalue weighted by atomic mass is 10.1. The first kappa shape index (κ1) is 22.2. The number of hydrogen-bond acceptors (Lipinski definition) is 5. The van der Waals surface area contributed by atoms with Gasteiger partial charge in [-0.3, -0.25) is 14.3 Å². The minimum Gasteiger partial charge on any atom is -0.325 e. The number of aryl methyl sites for hydroxylation is 2. The summed E-state index contributed by atoms with van der Waals surface area (Å²) >= 11 is 4.89. The van der Waals surface area contributed by atoms with Gasteiger partial charge < -0.3 is 5.32 Å². The van der Waals surface area contributed by atoms with Crippen LogP contribution in [-0.4, -0.2) is 31.4 Å². The van der Waals surface area contributed by atoms with E-state index in [9.17, 15) is 4.79 Å². The van der Waals surface area contributed by atoms with Gasteiger partial charge >= 0.3 is 0 Å². The number of aromatic nitrogens is 4. The van der Waals surface area contributed by atoms with Crippen molar-refractivity contribution in [3.63, 3.8) is 0 Å². The molecule has 0 fully saturated rings. The molecule has 0 bridgehead atoms. The molecule has 0 radical (unpaired) electrons. The van der Waals surface area contributed by atoms with Gasteiger partial charge in [-0.1, -0.05) is 52.8 Å². The quantitative estimate of drug-likeness (QED) is 0.325. The molecule has 2 aromatic carbocycles. The summed E-state index contributed by atoms with van der Waals surface area (Å²) in [6.45, 7) is 4.08. The Balaban J connectivity index is 1.58. The number of hydrogen-bond donors (Lipinski definition) is 1. The number of thioether (sulfide) groups is 1. The van der Waals surface area contributed by atoms with Crippen LogP contribution in [0.25, 0.3) is 17.1 Å². The summed E-state index contributed by atoms with van der Waals surface area (Å²) in [6, 6.07) is 17.7. The zero-order valence-corrected chi connectivity index (χ0v) is 20.2. The minimum absolute atomic E-state index is 0.0804. The number of nitrogens with one attached hydrogen (secondary N) is 1. The normalized spacial score (nSPS) is 10.8. The van der Waals surface area contributed by atoms with E-state index >= 15 is 0 Å². The maximum absolute atomic E-state index is 12.8. The molecule has 0 spiro atoms. The second-order valence-corrected chi connectivity index (χ2v) is 9.02. The molecule has 0 aliphatic heterocycles. The molecule has 2 aromatic heterocycles. The summed E-state index contributed by atoms with van der Waals surface area (Å²) in [5, 5.41) is 12.5. The molecule has 1 amide bonds. The maximum atomic E-state index is 12.8. The SMILES string of the molecule is CCc1cc(Br)cc(C)c1NC(=O)CSc1nnc(-c2ccncc2)n1-c1ccccc1. The van der Waals surface area contributed by atoms with Crippen LogP contribution in [0.4, 0.5) is 5.69 Å². The highest BCUT2D eigenvalue weighted by atomic mass is 79.9. The van der Waals surface area contributed by atoms with Crippen molar-refractivity contribution in [1.29, 1.82) is 0 Å². The van der Waals surface area contributed by atoms with Crippen molar-refractivity contribution in [1.82, 2.24) is 19.7 Å². The van der Waals surface area contributed by atoms with Gasteiger partial charge in [0.1, 0.15) is 0 Å². The lowest BCUT2D eigenvalue weighted by Gasteiger charge is -2.14. The Morgan fingerprint density at radius 2 is 1.84 bits per heavy atom. The van der Waals surface area contributed by atoms with E-state index in [-0.39, 0.29) is 11.7 Å². The van der Waals surface area contributed by atoms with Crippen LogP contribution in [0.1, 0.15) is 18.1 Å². The number of amides is 1. The van der Waals surface area contributed by atoms with Crippen molar-refractivity contribution in [2.24, 2.45) is 0 Å². The van der Waals surface area contributed by atoms with E-state index in [1.165, 1.54) is 11.8 Å². The number of carbonyl (C=O) groups excluding carboxylic acids is 1. The Bertz CT molecular complexity index is 1230. The van der Waals surface area contributed by atoms with Crippen LogP contribution in [0.3, 0.4) is 0 Å². The molecule has 162 valence electrons. The van der Waals surface area contributed by atoms with E-state index in [2.05, 4.69) is 43.4 Å². The molecule has 8 heteroatoms. The number of nitrogens with zero attached hydrogens (tertiary/aromatic N) is 4. The van der Waals surface area contributed by atoms with Crippen LogP contribution >= 0.6 is 27.7 Å². The first-order valence-corrected chi connectivity index (χ1v) is 12.0. The lowest BCUT2D eigenvalue weighted by Crippen LogP contribution is -2.16.